The Morgan fingerprint density at radius 3 is 2.40 bits per heavy atom. The van der Waals surface area contributed by atoms with Gasteiger partial charge in [-0.1, -0.05) is 0 Å². The molecule has 0 aliphatic carbocycles. The van der Waals surface area contributed by atoms with Crippen LogP contribution in [0.25, 0.3) is 0 Å². The number of thiazole rings is 1. The molecule has 0 bridgehead atoms. The lowest BCUT2D eigenvalue weighted by molar-refractivity contribution is -0.384. The molecule has 0 radical (unpaired) electrons. The van der Waals surface area contributed by atoms with E-state index in [2.05, 4.69) is 16.8 Å². The molecule has 10 heteroatoms. The third-order valence-corrected chi connectivity index (χ3v) is 6.76. The van der Waals surface area contributed by atoms with Crippen LogP contribution in [-0.4, -0.2) is 73.2 Å². The van der Waals surface area contributed by atoms with Crippen LogP contribution >= 0.6 is 11.3 Å². The minimum Gasteiger partial charge on any atom is -0.378 e. The Bertz CT molecular complexity index is 929. The minimum atomic E-state index is -0.410. The Kier molecular flexibility index (Phi) is 5.87. The summed E-state index contributed by atoms with van der Waals surface area (Å²) in [4.78, 5) is 35.9. The Labute approximate surface area is 179 Å². The molecule has 160 valence electrons. The van der Waals surface area contributed by atoms with E-state index in [0.29, 0.717) is 63.7 Å². The smallest absolute Gasteiger partial charge is 0.293 e. The van der Waals surface area contributed by atoms with E-state index in [1.807, 2.05) is 11.8 Å². The van der Waals surface area contributed by atoms with E-state index in [-0.39, 0.29) is 11.6 Å². The molecule has 0 spiro atoms. The number of nitrogens with zero attached hydrogens (tertiary/aromatic N) is 5. The zero-order chi connectivity index (χ0) is 21.3. The van der Waals surface area contributed by atoms with Crippen LogP contribution in [0.1, 0.15) is 20.9 Å². The molecular weight excluding hydrogens is 406 g/mol. The van der Waals surface area contributed by atoms with Gasteiger partial charge in [0.2, 0.25) is 0 Å². The summed E-state index contributed by atoms with van der Waals surface area (Å²) in [5.74, 6) is -0.169. The van der Waals surface area contributed by atoms with Crippen LogP contribution in [0.4, 0.5) is 16.5 Å². The summed E-state index contributed by atoms with van der Waals surface area (Å²) in [7, 11) is 0. The number of nitro groups is 1. The van der Waals surface area contributed by atoms with Gasteiger partial charge in [-0.2, -0.15) is 0 Å². The van der Waals surface area contributed by atoms with Crippen LogP contribution in [0.2, 0.25) is 0 Å². The fourth-order valence-electron chi connectivity index (χ4n) is 3.75. The molecule has 0 atom stereocenters. The SMILES string of the molecule is Cc1nc(N2CCN(C(=O)c3ccc(N4CCOCC4)c([N+](=O)[O-])c3)CC2)sc1C. The van der Waals surface area contributed by atoms with Crippen LogP contribution in [0.3, 0.4) is 0 Å². The van der Waals surface area contributed by atoms with E-state index in [0.717, 1.165) is 10.8 Å². The van der Waals surface area contributed by atoms with Crippen molar-refractivity contribution < 1.29 is 14.5 Å². The lowest BCUT2D eigenvalue weighted by Gasteiger charge is -2.34. The average molecular weight is 432 g/mol. The summed E-state index contributed by atoms with van der Waals surface area (Å²) >= 11 is 1.67. The molecule has 4 rings (SSSR count). The van der Waals surface area contributed by atoms with Gasteiger partial charge in [0.05, 0.1) is 23.8 Å². The number of aromatic nitrogens is 1. The maximum absolute atomic E-state index is 13.0. The summed E-state index contributed by atoms with van der Waals surface area (Å²) < 4.78 is 5.33. The molecule has 0 saturated carbocycles. The number of hydrogen-bond donors (Lipinski definition) is 0. The highest BCUT2D eigenvalue weighted by atomic mass is 32.1. The third-order valence-electron chi connectivity index (χ3n) is 5.63. The van der Waals surface area contributed by atoms with Gasteiger partial charge in [0.1, 0.15) is 5.69 Å². The quantitative estimate of drug-likeness (QED) is 0.542. The van der Waals surface area contributed by atoms with E-state index in [9.17, 15) is 14.9 Å². The number of anilines is 2. The van der Waals surface area contributed by atoms with Gasteiger partial charge in [0, 0.05) is 55.8 Å². The summed E-state index contributed by atoms with van der Waals surface area (Å²) in [6.45, 7) is 8.88. The Balaban J connectivity index is 1.47. The van der Waals surface area contributed by atoms with E-state index in [1.54, 1.807) is 28.4 Å². The molecule has 0 unspecified atom stereocenters. The van der Waals surface area contributed by atoms with Gasteiger partial charge in [-0.3, -0.25) is 14.9 Å². The molecule has 1 aromatic carbocycles. The molecule has 0 N–H and O–H groups in total. The third kappa shape index (κ3) is 4.10. The normalized spacial score (nSPS) is 17.3. The largest absolute Gasteiger partial charge is 0.378 e. The molecule has 9 nitrogen and oxygen atoms in total. The molecule has 30 heavy (non-hydrogen) atoms. The monoisotopic (exact) mass is 431 g/mol. The first-order valence-corrected chi connectivity index (χ1v) is 10.8. The van der Waals surface area contributed by atoms with Gasteiger partial charge in [-0.25, -0.2) is 4.98 Å². The predicted octanol–water partition coefficient (Wildman–Crippen LogP) is 2.47. The fraction of sp³-hybridized carbons (Fsp3) is 0.500. The van der Waals surface area contributed by atoms with Crippen LogP contribution in [0.15, 0.2) is 18.2 Å². The zero-order valence-corrected chi connectivity index (χ0v) is 18.0. The molecule has 2 saturated heterocycles. The van der Waals surface area contributed by atoms with Crippen LogP contribution in [-0.2, 0) is 4.74 Å². The first kappa shape index (κ1) is 20.5. The number of amides is 1. The topological polar surface area (TPSA) is 92.1 Å². The lowest BCUT2D eigenvalue weighted by Crippen LogP contribution is -2.48. The second-order valence-corrected chi connectivity index (χ2v) is 8.66. The van der Waals surface area contributed by atoms with Gasteiger partial charge < -0.3 is 19.4 Å². The number of nitro benzene ring substituents is 1. The number of piperazine rings is 1. The summed E-state index contributed by atoms with van der Waals surface area (Å²) in [6, 6.07) is 4.79. The number of ether oxygens (including phenoxy) is 1. The second kappa shape index (κ2) is 8.57. The first-order valence-electron chi connectivity index (χ1n) is 10.0. The molecule has 2 aliphatic heterocycles. The van der Waals surface area contributed by atoms with E-state index < -0.39 is 4.92 Å². The maximum atomic E-state index is 13.0. The predicted molar refractivity (Wildman–Crippen MR) is 116 cm³/mol. The fourth-order valence-corrected chi connectivity index (χ4v) is 4.71. The minimum absolute atomic E-state index is 0.0323. The van der Waals surface area contributed by atoms with E-state index in [4.69, 9.17) is 4.74 Å². The van der Waals surface area contributed by atoms with Crippen LogP contribution < -0.4 is 9.80 Å². The van der Waals surface area contributed by atoms with Crippen molar-refractivity contribution in [3.63, 3.8) is 0 Å². The summed E-state index contributed by atoms with van der Waals surface area (Å²) in [5, 5.41) is 12.6. The Morgan fingerprint density at radius 2 is 1.80 bits per heavy atom. The van der Waals surface area contributed by atoms with Crippen molar-refractivity contribution in [1.82, 2.24) is 9.88 Å². The molecule has 1 aromatic heterocycles. The average Bonchev–Trinajstić information content (AvgIpc) is 3.12. The van der Waals surface area contributed by atoms with Crippen molar-refractivity contribution in [3.8, 4) is 0 Å². The van der Waals surface area contributed by atoms with Crippen molar-refractivity contribution in [1.29, 1.82) is 0 Å². The van der Waals surface area contributed by atoms with Crippen molar-refractivity contribution >= 4 is 33.8 Å². The number of carbonyl (C=O) groups is 1. The van der Waals surface area contributed by atoms with Crippen molar-refractivity contribution in [3.05, 3.63) is 44.4 Å². The maximum Gasteiger partial charge on any atom is 0.293 e. The van der Waals surface area contributed by atoms with Gasteiger partial charge in [-0.05, 0) is 26.0 Å². The van der Waals surface area contributed by atoms with E-state index >= 15 is 0 Å². The number of aryl methyl sites for hydroxylation is 2. The van der Waals surface area contributed by atoms with Crippen LogP contribution in [0, 0.1) is 24.0 Å². The Hall–Kier alpha value is -2.72. The molecule has 1 amide bonds. The second-order valence-electron chi connectivity index (χ2n) is 7.48. The number of morpholine rings is 1. The summed E-state index contributed by atoms with van der Waals surface area (Å²) in [5.41, 5.74) is 1.91. The van der Waals surface area contributed by atoms with Gasteiger partial charge >= 0.3 is 0 Å². The number of carbonyl (C=O) groups excluding carboxylic acids is 1. The van der Waals surface area contributed by atoms with Crippen molar-refractivity contribution in [2.45, 2.75) is 13.8 Å². The van der Waals surface area contributed by atoms with Gasteiger partial charge in [0.15, 0.2) is 5.13 Å². The molecule has 3 heterocycles. The zero-order valence-electron chi connectivity index (χ0n) is 17.2. The van der Waals surface area contributed by atoms with Gasteiger partial charge in [-0.15, -0.1) is 11.3 Å². The Morgan fingerprint density at radius 1 is 1.10 bits per heavy atom. The molecule has 2 aliphatic rings. The highest BCUT2D eigenvalue weighted by Gasteiger charge is 2.27. The highest BCUT2D eigenvalue weighted by molar-refractivity contribution is 7.15. The molecular formula is C20H25N5O4S. The number of benzene rings is 1. The molecule has 2 aromatic rings. The van der Waals surface area contributed by atoms with E-state index in [1.165, 1.54) is 10.9 Å². The first-order chi connectivity index (χ1) is 14.4. The summed E-state index contributed by atoms with van der Waals surface area (Å²) in [6.07, 6.45) is 0. The lowest BCUT2D eigenvalue weighted by atomic mass is 10.1. The molecule has 2 fully saturated rings. The van der Waals surface area contributed by atoms with Crippen molar-refractivity contribution in [2.75, 3.05) is 62.3 Å². The standard InChI is InChI=1S/C20H25N5O4S/c1-14-15(2)30-20(21-14)24-7-5-23(6-8-24)19(26)16-3-4-17(18(13-16)25(27)28)22-9-11-29-12-10-22/h3-4,13H,5-12H2,1-2H3. The van der Waals surface area contributed by atoms with Crippen molar-refractivity contribution in [2.24, 2.45) is 0 Å². The highest BCUT2D eigenvalue weighted by Crippen LogP contribution is 2.31. The van der Waals surface area contributed by atoms with Crippen LogP contribution in [0.5, 0.6) is 0 Å². The number of rotatable bonds is 4. The van der Waals surface area contributed by atoms with Gasteiger partial charge in [0.25, 0.3) is 11.6 Å². The number of hydrogen-bond acceptors (Lipinski definition) is 8.